The SMILES string of the molecule is NC(=O)COc1ccc(Cl)cc1S(=O)(=O)N1C2CCNCC1CC2. The summed E-state index contributed by atoms with van der Waals surface area (Å²) in [6, 6.07) is 4.24. The molecule has 1 aromatic carbocycles. The minimum absolute atomic E-state index is 0.0185. The van der Waals surface area contributed by atoms with Gasteiger partial charge in [0.25, 0.3) is 5.91 Å². The lowest BCUT2D eigenvalue weighted by molar-refractivity contribution is -0.120. The molecule has 0 aliphatic carbocycles. The Balaban J connectivity index is 1.99. The van der Waals surface area contributed by atoms with Crippen molar-refractivity contribution in [2.24, 2.45) is 5.73 Å². The maximum atomic E-state index is 13.3. The molecule has 0 saturated carbocycles. The maximum Gasteiger partial charge on any atom is 0.255 e. The fourth-order valence-corrected chi connectivity index (χ4v) is 5.69. The Hall–Kier alpha value is -1.35. The summed E-state index contributed by atoms with van der Waals surface area (Å²) in [5, 5.41) is 3.57. The molecule has 3 N–H and O–H groups in total. The van der Waals surface area contributed by atoms with E-state index in [1.54, 1.807) is 4.31 Å². The van der Waals surface area contributed by atoms with E-state index in [2.05, 4.69) is 5.32 Å². The number of ether oxygens (including phenoxy) is 1. The van der Waals surface area contributed by atoms with E-state index in [9.17, 15) is 13.2 Å². The fourth-order valence-electron chi connectivity index (χ4n) is 3.40. The third-order valence-corrected chi connectivity index (χ3v) is 6.68. The van der Waals surface area contributed by atoms with Crippen LogP contribution in [0.5, 0.6) is 5.75 Å². The van der Waals surface area contributed by atoms with E-state index in [4.69, 9.17) is 22.1 Å². The number of carbonyl (C=O) groups is 1. The Bertz CT molecular complexity index is 726. The third kappa shape index (κ3) is 3.37. The first-order chi connectivity index (χ1) is 11.4. The number of halogens is 1. The zero-order valence-corrected chi connectivity index (χ0v) is 14.6. The van der Waals surface area contributed by atoms with E-state index in [0.717, 1.165) is 25.8 Å². The summed E-state index contributed by atoms with van der Waals surface area (Å²) in [6.45, 7) is 1.04. The molecule has 2 saturated heterocycles. The summed E-state index contributed by atoms with van der Waals surface area (Å²) < 4.78 is 33.4. The van der Waals surface area contributed by atoms with E-state index >= 15 is 0 Å². The zero-order valence-electron chi connectivity index (χ0n) is 13.1. The highest BCUT2D eigenvalue weighted by atomic mass is 35.5. The van der Waals surface area contributed by atoms with Crippen LogP contribution >= 0.6 is 11.6 Å². The van der Waals surface area contributed by atoms with Crippen LogP contribution in [0.1, 0.15) is 19.3 Å². The number of nitrogens with zero attached hydrogens (tertiary/aromatic N) is 1. The predicted molar refractivity (Wildman–Crippen MR) is 89.5 cm³/mol. The van der Waals surface area contributed by atoms with Crippen molar-refractivity contribution in [3.8, 4) is 5.75 Å². The topological polar surface area (TPSA) is 102 Å². The number of sulfonamides is 1. The van der Waals surface area contributed by atoms with E-state index in [1.807, 2.05) is 0 Å². The zero-order chi connectivity index (χ0) is 17.3. The Morgan fingerprint density at radius 1 is 1.33 bits per heavy atom. The number of primary amides is 1. The molecule has 2 atom stereocenters. The Morgan fingerprint density at radius 2 is 2.08 bits per heavy atom. The standard InChI is InChI=1S/C15H20ClN3O4S/c16-10-1-4-13(23-9-15(17)20)14(7-10)24(21,22)19-11-2-3-12(19)8-18-6-5-11/h1,4,7,11-12,18H,2-3,5-6,8-9H2,(H2,17,20). The average Bonchev–Trinajstić information content (AvgIpc) is 2.79. The highest BCUT2D eigenvalue weighted by Crippen LogP contribution is 2.37. The molecular weight excluding hydrogens is 354 g/mol. The van der Waals surface area contributed by atoms with Crippen molar-refractivity contribution in [2.45, 2.75) is 36.2 Å². The second-order valence-corrected chi connectivity index (χ2v) is 8.31. The Kier molecular flexibility index (Phi) is 5.00. The summed E-state index contributed by atoms with van der Waals surface area (Å²) in [4.78, 5) is 10.9. The van der Waals surface area contributed by atoms with Gasteiger partial charge in [-0.2, -0.15) is 4.31 Å². The van der Waals surface area contributed by atoms with Gasteiger partial charge >= 0.3 is 0 Å². The van der Waals surface area contributed by atoms with Gasteiger partial charge in [0.15, 0.2) is 6.61 Å². The van der Waals surface area contributed by atoms with Crippen molar-refractivity contribution >= 4 is 27.5 Å². The third-order valence-electron chi connectivity index (χ3n) is 4.42. The summed E-state index contributed by atoms with van der Waals surface area (Å²) in [5.74, 6) is -0.581. The number of carbonyl (C=O) groups excluding carboxylic acids is 1. The Morgan fingerprint density at radius 3 is 2.83 bits per heavy atom. The molecule has 24 heavy (non-hydrogen) atoms. The molecule has 0 aromatic heterocycles. The van der Waals surface area contributed by atoms with Crippen LogP contribution in [0.3, 0.4) is 0 Å². The quantitative estimate of drug-likeness (QED) is 0.791. The van der Waals surface area contributed by atoms with Gasteiger partial charge in [0.2, 0.25) is 10.0 Å². The molecule has 0 radical (unpaired) electrons. The molecule has 0 spiro atoms. The number of benzene rings is 1. The van der Waals surface area contributed by atoms with Crippen LogP contribution in [0, 0.1) is 0 Å². The van der Waals surface area contributed by atoms with Crippen LogP contribution in [0.15, 0.2) is 23.1 Å². The van der Waals surface area contributed by atoms with E-state index < -0.39 is 22.5 Å². The van der Waals surface area contributed by atoms with Crippen LogP contribution < -0.4 is 15.8 Å². The van der Waals surface area contributed by atoms with Gasteiger partial charge in [-0.25, -0.2) is 8.42 Å². The molecule has 3 rings (SSSR count). The van der Waals surface area contributed by atoms with Crippen molar-refractivity contribution in [3.63, 3.8) is 0 Å². The molecule has 2 unspecified atom stereocenters. The van der Waals surface area contributed by atoms with Crippen molar-refractivity contribution in [2.75, 3.05) is 19.7 Å². The van der Waals surface area contributed by atoms with Crippen LogP contribution in [-0.4, -0.2) is 50.4 Å². The lowest BCUT2D eigenvalue weighted by atomic mass is 10.1. The highest BCUT2D eigenvalue weighted by Gasteiger charge is 2.44. The smallest absolute Gasteiger partial charge is 0.255 e. The summed E-state index contributed by atoms with van der Waals surface area (Å²) >= 11 is 6.00. The molecule has 132 valence electrons. The lowest BCUT2D eigenvalue weighted by Gasteiger charge is -2.27. The first-order valence-corrected chi connectivity index (χ1v) is 9.66. The molecular formula is C15H20ClN3O4S. The second kappa shape index (κ2) is 6.87. The predicted octanol–water partition coefficient (Wildman–Crippen LogP) is 0.719. The first-order valence-electron chi connectivity index (χ1n) is 7.84. The van der Waals surface area contributed by atoms with Crippen molar-refractivity contribution in [1.82, 2.24) is 9.62 Å². The van der Waals surface area contributed by atoms with Gasteiger partial charge < -0.3 is 15.8 Å². The molecule has 2 aliphatic heterocycles. The molecule has 9 heteroatoms. The average molecular weight is 374 g/mol. The van der Waals surface area contributed by atoms with Crippen LogP contribution in [0.4, 0.5) is 0 Å². The van der Waals surface area contributed by atoms with Crippen molar-refractivity contribution < 1.29 is 17.9 Å². The van der Waals surface area contributed by atoms with Crippen molar-refractivity contribution in [3.05, 3.63) is 23.2 Å². The Labute approximate surface area is 146 Å². The van der Waals surface area contributed by atoms with Gasteiger partial charge in [-0.1, -0.05) is 11.6 Å². The van der Waals surface area contributed by atoms with Crippen molar-refractivity contribution in [1.29, 1.82) is 0 Å². The van der Waals surface area contributed by atoms with E-state index in [1.165, 1.54) is 18.2 Å². The maximum absolute atomic E-state index is 13.3. The van der Waals surface area contributed by atoms with Crippen LogP contribution in [-0.2, 0) is 14.8 Å². The first kappa shape index (κ1) is 17.5. The molecule has 2 bridgehead atoms. The van der Waals surface area contributed by atoms with Gasteiger partial charge in [-0.3, -0.25) is 4.79 Å². The molecule has 1 amide bonds. The number of nitrogens with two attached hydrogens (primary N) is 1. The molecule has 2 fully saturated rings. The second-order valence-electron chi connectivity index (χ2n) is 6.06. The highest BCUT2D eigenvalue weighted by molar-refractivity contribution is 7.89. The van der Waals surface area contributed by atoms with Gasteiger partial charge in [-0.05, 0) is 44.0 Å². The van der Waals surface area contributed by atoms with Gasteiger partial charge in [0, 0.05) is 23.7 Å². The van der Waals surface area contributed by atoms with E-state index in [0.29, 0.717) is 11.6 Å². The van der Waals surface area contributed by atoms with E-state index in [-0.39, 0.29) is 22.7 Å². The summed E-state index contributed by atoms with van der Waals surface area (Å²) in [6.07, 6.45) is 2.45. The number of hydrogen-bond donors (Lipinski definition) is 2. The largest absolute Gasteiger partial charge is 0.482 e. The normalized spacial score (nSPS) is 24.5. The van der Waals surface area contributed by atoms with Crippen LogP contribution in [0.25, 0.3) is 0 Å². The lowest BCUT2D eigenvalue weighted by Crippen LogP contribution is -2.42. The summed E-state index contributed by atoms with van der Waals surface area (Å²) in [5.41, 5.74) is 5.09. The number of nitrogens with one attached hydrogen (secondary N) is 1. The molecule has 2 heterocycles. The van der Waals surface area contributed by atoms with Gasteiger partial charge in [-0.15, -0.1) is 0 Å². The molecule has 2 aliphatic rings. The number of rotatable bonds is 5. The minimum Gasteiger partial charge on any atom is -0.482 e. The van der Waals surface area contributed by atoms with Crippen LogP contribution in [0.2, 0.25) is 5.02 Å². The number of hydrogen-bond acceptors (Lipinski definition) is 5. The molecule has 7 nitrogen and oxygen atoms in total. The monoisotopic (exact) mass is 373 g/mol. The molecule has 1 aromatic rings. The minimum atomic E-state index is -3.79. The fraction of sp³-hybridized carbons (Fsp3) is 0.533. The summed E-state index contributed by atoms with van der Waals surface area (Å²) in [7, 11) is -3.79. The number of amides is 1. The van der Waals surface area contributed by atoms with Gasteiger partial charge in [0.05, 0.1) is 0 Å². The number of fused-ring (bicyclic) bond motifs is 2. The van der Waals surface area contributed by atoms with Gasteiger partial charge in [0.1, 0.15) is 10.6 Å².